The number of fused-ring (bicyclic) bond motifs is 1. The number of rotatable bonds is 6. The average Bonchev–Trinajstić information content (AvgIpc) is 3.60. The highest BCUT2D eigenvalue weighted by molar-refractivity contribution is 5.98. The van der Waals surface area contributed by atoms with E-state index in [4.69, 9.17) is 0 Å². The van der Waals surface area contributed by atoms with Crippen LogP contribution in [0.2, 0.25) is 0 Å². The van der Waals surface area contributed by atoms with Gasteiger partial charge in [0.05, 0.1) is 11.4 Å². The van der Waals surface area contributed by atoms with Crippen molar-refractivity contribution in [3.05, 3.63) is 54.0 Å². The van der Waals surface area contributed by atoms with E-state index in [0.717, 1.165) is 72.9 Å². The van der Waals surface area contributed by atoms with Crippen molar-refractivity contribution in [3.8, 4) is 0 Å². The number of piperazine rings is 1. The van der Waals surface area contributed by atoms with Crippen molar-refractivity contribution in [1.29, 1.82) is 0 Å². The maximum Gasteiger partial charge on any atom is 0.270 e. The SMILES string of the molecule is O=C(c1cc2cc(Nc3nccc(C4=CCCC=N4)n3)ccc2[nH]1)N1CCN(CC2CC2)CC1. The van der Waals surface area contributed by atoms with Crippen LogP contribution in [0.15, 0.2) is 47.6 Å². The zero-order valence-corrected chi connectivity index (χ0v) is 19.2. The fourth-order valence-electron chi connectivity index (χ4n) is 4.67. The second-order valence-corrected chi connectivity index (χ2v) is 9.39. The predicted octanol–water partition coefficient (Wildman–Crippen LogP) is 4.07. The zero-order valence-electron chi connectivity index (χ0n) is 19.2. The first-order valence-electron chi connectivity index (χ1n) is 12.2. The van der Waals surface area contributed by atoms with Crippen LogP contribution in [0.3, 0.4) is 0 Å². The molecule has 1 aromatic carbocycles. The smallest absolute Gasteiger partial charge is 0.270 e. The van der Waals surface area contributed by atoms with E-state index in [1.54, 1.807) is 6.20 Å². The molecule has 1 amide bonds. The summed E-state index contributed by atoms with van der Waals surface area (Å²) in [5.41, 5.74) is 4.15. The van der Waals surface area contributed by atoms with E-state index in [2.05, 4.69) is 36.2 Å². The Labute approximate surface area is 198 Å². The van der Waals surface area contributed by atoms with Gasteiger partial charge in [-0.05, 0) is 61.9 Å². The van der Waals surface area contributed by atoms with E-state index in [1.165, 1.54) is 19.4 Å². The number of benzene rings is 1. The minimum Gasteiger partial charge on any atom is -0.351 e. The predicted molar refractivity (Wildman–Crippen MR) is 134 cm³/mol. The van der Waals surface area contributed by atoms with Crippen LogP contribution in [0.1, 0.15) is 41.9 Å². The summed E-state index contributed by atoms with van der Waals surface area (Å²) in [4.78, 5) is 34.3. The Hall–Kier alpha value is -3.52. The number of amides is 1. The Morgan fingerprint density at radius 2 is 1.97 bits per heavy atom. The molecule has 1 saturated heterocycles. The summed E-state index contributed by atoms with van der Waals surface area (Å²) in [6.45, 7) is 4.72. The first-order valence-corrected chi connectivity index (χ1v) is 12.2. The van der Waals surface area contributed by atoms with Gasteiger partial charge in [0.1, 0.15) is 5.69 Å². The van der Waals surface area contributed by atoms with Crippen molar-refractivity contribution in [3.63, 3.8) is 0 Å². The molecule has 1 aliphatic carbocycles. The number of anilines is 2. The zero-order chi connectivity index (χ0) is 22.9. The number of aromatic nitrogens is 3. The van der Waals surface area contributed by atoms with Gasteiger partial charge in [-0.2, -0.15) is 0 Å². The van der Waals surface area contributed by atoms with E-state index in [1.807, 2.05) is 41.4 Å². The minimum atomic E-state index is 0.0779. The summed E-state index contributed by atoms with van der Waals surface area (Å²) in [5.74, 6) is 1.49. The van der Waals surface area contributed by atoms with E-state index in [-0.39, 0.29) is 5.91 Å². The van der Waals surface area contributed by atoms with Crippen LogP contribution in [0.4, 0.5) is 11.6 Å². The van der Waals surface area contributed by atoms with Gasteiger partial charge in [0.2, 0.25) is 5.95 Å². The van der Waals surface area contributed by atoms with Gasteiger partial charge in [-0.25, -0.2) is 9.97 Å². The molecule has 0 spiro atoms. The lowest BCUT2D eigenvalue weighted by Crippen LogP contribution is -2.49. The number of hydrogen-bond acceptors (Lipinski definition) is 6. The summed E-state index contributed by atoms with van der Waals surface area (Å²) in [7, 11) is 0. The maximum atomic E-state index is 13.1. The van der Waals surface area contributed by atoms with Crippen LogP contribution in [0.25, 0.3) is 16.6 Å². The molecule has 0 unspecified atom stereocenters. The summed E-state index contributed by atoms with van der Waals surface area (Å²) < 4.78 is 0. The highest BCUT2D eigenvalue weighted by Crippen LogP contribution is 2.30. The molecular formula is C26H29N7O. The summed E-state index contributed by atoms with van der Waals surface area (Å²) >= 11 is 0. The number of nitrogens with one attached hydrogen (secondary N) is 2. The first kappa shape index (κ1) is 21.0. The van der Waals surface area contributed by atoms with E-state index in [9.17, 15) is 4.79 Å². The lowest BCUT2D eigenvalue weighted by atomic mass is 10.2. The van der Waals surface area contributed by atoms with Gasteiger partial charge in [0, 0.05) is 61.7 Å². The third-order valence-electron chi connectivity index (χ3n) is 6.76. The molecule has 6 rings (SSSR count). The molecular weight excluding hydrogens is 426 g/mol. The van der Waals surface area contributed by atoms with Crippen molar-refractivity contribution < 1.29 is 4.79 Å². The minimum absolute atomic E-state index is 0.0779. The second kappa shape index (κ2) is 9.02. The van der Waals surface area contributed by atoms with Crippen molar-refractivity contribution in [2.24, 2.45) is 10.9 Å². The van der Waals surface area contributed by atoms with E-state index < -0.39 is 0 Å². The third-order valence-corrected chi connectivity index (χ3v) is 6.76. The first-order chi connectivity index (χ1) is 16.7. The van der Waals surface area contributed by atoms with Crippen LogP contribution in [0, 0.1) is 5.92 Å². The monoisotopic (exact) mass is 455 g/mol. The molecule has 3 aromatic rings. The number of aromatic amines is 1. The molecule has 1 saturated carbocycles. The number of H-pyrrole nitrogens is 1. The van der Waals surface area contributed by atoms with Crippen LogP contribution < -0.4 is 5.32 Å². The molecule has 3 aliphatic rings. The topological polar surface area (TPSA) is 89.5 Å². The second-order valence-electron chi connectivity index (χ2n) is 9.39. The molecule has 2 N–H and O–H groups in total. The van der Waals surface area contributed by atoms with Crippen molar-refractivity contribution in [1.82, 2.24) is 24.8 Å². The maximum absolute atomic E-state index is 13.1. The molecule has 2 aromatic heterocycles. The third kappa shape index (κ3) is 4.59. The molecule has 4 heterocycles. The Morgan fingerprint density at radius 3 is 2.76 bits per heavy atom. The Kier molecular flexibility index (Phi) is 5.58. The van der Waals surface area contributed by atoms with Crippen molar-refractivity contribution in [2.45, 2.75) is 25.7 Å². The largest absolute Gasteiger partial charge is 0.351 e. The van der Waals surface area contributed by atoms with Crippen molar-refractivity contribution in [2.75, 3.05) is 38.0 Å². The Bertz CT molecular complexity index is 1270. The van der Waals surface area contributed by atoms with Crippen LogP contribution in [0.5, 0.6) is 0 Å². The van der Waals surface area contributed by atoms with E-state index in [0.29, 0.717) is 11.6 Å². The quantitative estimate of drug-likeness (QED) is 0.585. The van der Waals surface area contributed by atoms with Crippen molar-refractivity contribution >= 4 is 40.4 Å². The number of nitrogens with zero attached hydrogens (tertiary/aromatic N) is 5. The fraction of sp³-hybridized carbons (Fsp3) is 0.385. The number of allylic oxidation sites excluding steroid dienone is 1. The highest BCUT2D eigenvalue weighted by atomic mass is 16.2. The number of carbonyl (C=O) groups excluding carboxylic acids is 1. The Balaban J connectivity index is 1.14. The van der Waals surface area contributed by atoms with E-state index >= 15 is 0 Å². The lowest BCUT2D eigenvalue weighted by molar-refractivity contribution is 0.0627. The normalized spacial score (nSPS) is 18.8. The number of hydrogen-bond donors (Lipinski definition) is 2. The molecule has 34 heavy (non-hydrogen) atoms. The van der Waals surface area contributed by atoms with Gasteiger partial charge in [-0.3, -0.25) is 14.7 Å². The molecule has 8 nitrogen and oxygen atoms in total. The standard InChI is InChI=1S/C26H29N7O/c34-25(33-13-11-32(12-14-33)17-18-4-5-18)24-16-19-15-20(6-7-21(19)30-24)29-26-28-10-8-23(31-26)22-3-1-2-9-27-22/h3,6-10,15-16,18,30H,1-2,4-5,11-14,17H2,(H,28,29,31). The van der Waals surface area contributed by atoms with Gasteiger partial charge in [-0.1, -0.05) is 6.08 Å². The van der Waals surface area contributed by atoms with Gasteiger partial charge >= 0.3 is 0 Å². The van der Waals surface area contributed by atoms with Gasteiger partial charge in [-0.15, -0.1) is 0 Å². The lowest BCUT2D eigenvalue weighted by Gasteiger charge is -2.34. The van der Waals surface area contributed by atoms with Gasteiger partial charge in [0.15, 0.2) is 0 Å². The molecule has 0 bridgehead atoms. The average molecular weight is 456 g/mol. The summed E-state index contributed by atoms with van der Waals surface area (Å²) in [6.07, 6.45) is 10.5. The molecule has 2 aliphatic heterocycles. The fourth-order valence-corrected chi connectivity index (χ4v) is 4.67. The van der Waals surface area contributed by atoms with Crippen LogP contribution >= 0.6 is 0 Å². The molecule has 0 radical (unpaired) electrons. The Morgan fingerprint density at radius 1 is 1.09 bits per heavy atom. The van der Waals surface area contributed by atoms with Gasteiger partial charge < -0.3 is 15.2 Å². The van der Waals surface area contributed by atoms with Gasteiger partial charge in [0.25, 0.3) is 5.91 Å². The van der Waals surface area contributed by atoms with Crippen LogP contribution in [-0.2, 0) is 0 Å². The molecule has 174 valence electrons. The number of carbonyl (C=O) groups is 1. The highest BCUT2D eigenvalue weighted by Gasteiger charge is 2.28. The molecule has 8 heteroatoms. The molecule has 2 fully saturated rings. The summed E-state index contributed by atoms with van der Waals surface area (Å²) in [5, 5.41) is 4.27. The summed E-state index contributed by atoms with van der Waals surface area (Å²) in [6, 6.07) is 9.79. The van der Waals surface area contributed by atoms with Crippen LogP contribution in [-0.4, -0.2) is 69.6 Å². The number of aliphatic imine (C=N–C) groups is 1. The molecule has 0 atom stereocenters.